The average Bonchev–Trinajstić information content (AvgIpc) is 2.62. The number of ether oxygens (including phenoxy) is 1. The van der Waals surface area contributed by atoms with Gasteiger partial charge in [-0.2, -0.15) is 0 Å². The molecule has 0 saturated carbocycles. The molecule has 0 bridgehead atoms. The first-order valence-electron chi connectivity index (χ1n) is 8.26. The number of phenolic OH excluding ortho intramolecular Hbond substituents is 1. The van der Waals surface area contributed by atoms with Gasteiger partial charge in [0, 0.05) is 6.04 Å². The first-order valence-corrected chi connectivity index (χ1v) is 9.84. The number of fused-ring (bicyclic) bond motifs is 1. The second-order valence-electron chi connectivity index (χ2n) is 6.05. The zero-order valence-corrected chi connectivity index (χ0v) is 18.1. The summed E-state index contributed by atoms with van der Waals surface area (Å²) >= 11 is 7.11. The number of hydrogen-bond acceptors (Lipinski definition) is 5. The molecular formula is C19H19Br2NO6. The molecule has 0 saturated heterocycles. The summed E-state index contributed by atoms with van der Waals surface area (Å²) in [4.78, 5) is 18.2. The Hall–Kier alpha value is -2.10. The summed E-state index contributed by atoms with van der Waals surface area (Å²) < 4.78 is 7.24. The number of aromatic hydroxyl groups is 1. The zero-order chi connectivity index (χ0) is 20.8. The van der Waals surface area contributed by atoms with Gasteiger partial charge in [-0.3, -0.25) is 0 Å². The molecule has 0 radical (unpaired) electrons. The van der Waals surface area contributed by atoms with Crippen LogP contribution in [0.2, 0.25) is 0 Å². The van der Waals surface area contributed by atoms with E-state index >= 15 is 0 Å². The minimum Gasteiger partial charge on any atom is -0.508 e. The van der Waals surface area contributed by atoms with Crippen molar-refractivity contribution in [2.45, 2.75) is 18.9 Å². The summed E-state index contributed by atoms with van der Waals surface area (Å²) in [5.41, 5.74) is 3.72. The number of aliphatic carboxylic acids is 2. The molecule has 3 rings (SSSR count). The number of carboxylic acids is 2. The fourth-order valence-corrected chi connectivity index (χ4v) is 4.59. The molecule has 0 fully saturated rings. The molecule has 9 heteroatoms. The fourth-order valence-electron chi connectivity index (χ4n) is 2.98. The van der Waals surface area contributed by atoms with Crippen LogP contribution >= 0.6 is 31.9 Å². The topological polar surface area (TPSA) is 116 Å². The van der Waals surface area contributed by atoms with E-state index in [9.17, 15) is 5.11 Å². The summed E-state index contributed by atoms with van der Waals surface area (Å²) in [5.74, 6) is -2.50. The SMILES string of the molecule is COc1c(Br)cc(C[C@H]2NCCc3cc(O)ccc32)cc1Br.O=C(O)C(=O)O. The predicted molar refractivity (Wildman–Crippen MR) is 110 cm³/mol. The largest absolute Gasteiger partial charge is 0.508 e. The van der Waals surface area contributed by atoms with Crippen molar-refractivity contribution in [1.29, 1.82) is 0 Å². The van der Waals surface area contributed by atoms with Gasteiger partial charge in [-0.25, -0.2) is 9.59 Å². The molecule has 7 nitrogen and oxygen atoms in total. The van der Waals surface area contributed by atoms with Crippen LogP contribution < -0.4 is 10.1 Å². The number of carbonyl (C=O) groups is 2. The quantitative estimate of drug-likeness (QED) is 0.461. The van der Waals surface area contributed by atoms with Crippen molar-refractivity contribution in [1.82, 2.24) is 5.32 Å². The van der Waals surface area contributed by atoms with Crippen LogP contribution in [-0.2, 0) is 22.4 Å². The van der Waals surface area contributed by atoms with Crippen LogP contribution in [0.3, 0.4) is 0 Å². The third kappa shape index (κ3) is 5.70. The third-order valence-corrected chi connectivity index (χ3v) is 5.35. The van der Waals surface area contributed by atoms with Gasteiger partial charge in [0.05, 0.1) is 16.1 Å². The van der Waals surface area contributed by atoms with Crippen LogP contribution in [0.1, 0.15) is 22.7 Å². The molecule has 28 heavy (non-hydrogen) atoms. The van der Waals surface area contributed by atoms with Gasteiger partial charge in [0.1, 0.15) is 11.5 Å². The molecular weight excluding hydrogens is 498 g/mol. The number of carboxylic acid groups (broad SMARTS) is 2. The lowest BCUT2D eigenvalue weighted by Gasteiger charge is -2.27. The molecule has 1 aliphatic heterocycles. The molecule has 150 valence electrons. The normalized spacial score (nSPS) is 15.0. The molecule has 4 N–H and O–H groups in total. The van der Waals surface area contributed by atoms with Crippen LogP contribution in [0.4, 0.5) is 0 Å². The lowest BCUT2D eigenvalue weighted by Crippen LogP contribution is -2.31. The monoisotopic (exact) mass is 515 g/mol. The van der Waals surface area contributed by atoms with Gasteiger partial charge in [0.15, 0.2) is 0 Å². The summed E-state index contributed by atoms with van der Waals surface area (Å²) in [7, 11) is 1.66. The molecule has 0 unspecified atom stereocenters. The minimum atomic E-state index is -1.82. The second-order valence-corrected chi connectivity index (χ2v) is 7.76. The van der Waals surface area contributed by atoms with E-state index in [1.54, 1.807) is 13.2 Å². The van der Waals surface area contributed by atoms with E-state index in [-0.39, 0.29) is 6.04 Å². The predicted octanol–water partition coefficient (Wildman–Crippen LogP) is 3.51. The Balaban J connectivity index is 0.000000409. The number of rotatable bonds is 3. The molecule has 0 amide bonds. The highest BCUT2D eigenvalue weighted by Gasteiger charge is 2.21. The first kappa shape index (κ1) is 22.2. The Bertz CT molecular complexity index is 852. The van der Waals surface area contributed by atoms with Crippen LogP contribution in [-0.4, -0.2) is 40.9 Å². The second kappa shape index (κ2) is 9.90. The van der Waals surface area contributed by atoms with Crippen molar-refractivity contribution in [2.75, 3.05) is 13.7 Å². The maximum absolute atomic E-state index is 9.65. The number of benzene rings is 2. The van der Waals surface area contributed by atoms with Gasteiger partial charge in [-0.15, -0.1) is 0 Å². The number of phenols is 1. The lowest BCUT2D eigenvalue weighted by molar-refractivity contribution is -0.159. The van der Waals surface area contributed by atoms with Crippen molar-refractivity contribution in [3.8, 4) is 11.5 Å². The molecule has 2 aromatic carbocycles. The van der Waals surface area contributed by atoms with Crippen molar-refractivity contribution < 1.29 is 29.6 Å². The molecule has 2 aromatic rings. The van der Waals surface area contributed by atoms with Gasteiger partial charge in [0.25, 0.3) is 0 Å². The molecule has 1 heterocycles. The van der Waals surface area contributed by atoms with Crippen molar-refractivity contribution >= 4 is 43.8 Å². The van der Waals surface area contributed by atoms with E-state index in [1.165, 1.54) is 16.7 Å². The fraction of sp³-hybridized carbons (Fsp3) is 0.263. The lowest BCUT2D eigenvalue weighted by atomic mass is 9.90. The number of hydrogen-bond donors (Lipinski definition) is 4. The van der Waals surface area contributed by atoms with Crippen molar-refractivity contribution in [3.63, 3.8) is 0 Å². The van der Waals surface area contributed by atoms with E-state index in [4.69, 9.17) is 24.5 Å². The first-order chi connectivity index (χ1) is 13.2. The average molecular weight is 517 g/mol. The molecule has 1 atom stereocenters. The Morgan fingerprint density at radius 2 is 1.75 bits per heavy atom. The number of methoxy groups -OCH3 is 1. The highest BCUT2D eigenvalue weighted by molar-refractivity contribution is 9.11. The van der Waals surface area contributed by atoms with E-state index in [1.807, 2.05) is 12.1 Å². The highest BCUT2D eigenvalue weighted by Crippen LogP contribution is 2.36. The Morgan fingerprint density at radius 3 is 2.29 bits per heavy atom. The maximum Gasteiger partial charge on any atom is 0.414 e. The standard InChI is InChI=1S/C17H17Br2NO2.C2H2O4/c1-22-17-14(18)6-10(7-15(17)19)8-16-13-3-2-12(21)9-11(13)4-5-20-16;3-1(4)2(5)6/h2-3,6-7,9,16,20-21H,4-5,8H2,1H3;(H,3,4)(H,5,6)/t16-;/m1./s1. The maximum atomic E-state index is 9.65. The van der Waals surface area contributed by atoms with Crippen LogP contribution in [0.25, 0.3) is 0 Å². The van der Waals surface area contributed by atoms with E-state index < -0.39 is 11.9 Å². The van der Waals surface area contributed by atoms with Gasteiger partial charge < -0.3 is 25.4 Å². The van der Waals surface area contributed by atoms with Crippen LogP contribution in [0, 0.1) is 0 Å². The smallest absolute Gasteiger partial charge is 0.414 e. The van der Waals surface area contributed by atoms with Gasteiger partial charge in [0.2, 0.25) is 0 Å². The summed E-state index contributed by atoms with van der Waals surface area (Å²) in [5, 5.41) is 28.0. The Morgan fingerprint density at radius 1 is 1.14 bits per heavy atom. The van der Waals surface area contributed by atoms with E-state index in [0.717, 1.165) is 34.1 Å². The molecule has 0 aromatic heterocycles. The van der Waals surface area contributed by atoms with Gasteiger partial charge >= 0.3 is 11.9 Å². The molecule has 1 aliphatic rings. The summed E-state index contributed by atoms with van der Waals surface area (Å²) in [6.45, 7) is 0.930. The van der Waals surface area contributed by atoms with Crippen LogP contribution in [0.5, 0.6) is 11.5 Å². The van der Waals surface area contributed by atoms with Gasteiger partial charge in [-0.05, 0) is 92.2 Å². The third-order valence-electron chi connectivity index (χ3n) is 4.17. The Labute approximate surface area is 178 Å². The van der Waals surface area contributed by atoms with E-state index in [0.29, 0.717) is 5.75 Å². The zero-order valence-electron chi connectivity index (χ0n) is 14.9. The minimum absolute atomic E-state index is 0.261. The number of nitrogens with one attached hydrogen (secondary N) is 1. The Kier molecular flexibility index (Phi) is 7.85. The number of halogens is 2. The summed E-state index contributed by atoms with van der Waals surface area (Å²) in [6, 6.07) is 10.1. The van der Waals surface area contributed by atoms with Crippen molar-refractivity contribution in [3.05, 3.63) is 56.0 Å². The summed E-state index contributed by atoms with van der Waals surface area (Å²) in [6.07, 6.45) is 1.84. The van der Waals surface area contributed by atoms with Crippen LogP contribution in [0.15, 0.2) is 39.3 Å². The highest BCUT2D eigenvalue weighted by atomic mass is 79.9. The molecule has 0 spiro atoms. The van der Waals surface area contributed by atoms with Gasteiger partial charge in [-0.1, -0.05) is 6.07 Å². The van der Waals surface area contributed by atoms with Crippen molar-refractivity contribution in [2.24, 2.45) is 0 Å². The van der Waals surface area contributed by atoms with E-state index in [2.05, 4.69) is 49.3 Å². The molecule has 0 aliphatic carbocycles.